The van der Waals surface area contributed by atoms with Crippen molar-refractivity contribution in [2.24, 2.45) is 0 Å². The Morgan fingerprint density at radius 3 is 1.34 bits per heavy atom. The molecule has 0 radical (unpaired) electrons. The fourth-order valence-electron chi connectivity index (χ4n) is 6.13. The van der Waals surface area contributed by atoms with Crippen molar-refractivity contribution in [3.05, 3.63) is 186 Å². The van der Waals surface area contributed by atoms with Crippen LogP contribution < -0.4 is 0 Å². The summed E-state index contributed by atoms with van der Waals surface area (Å²) in [5.41, 5.74) is 8.15. The van der Waals surface area contributed by atoms with Gasteiger partial charge in [-0.1, -0.05) is 133 Å². The molecule has 0 atom stereocenters. The van der Waals surface area contributed by atoms with E-state index in [-0.39, 0.29) is 0 Å². The fraction of sp³-hybridized carbons (Fsp3) is 0.0270. The zero-order valence-corrected chi connectivity index (χ0v) is 21.0. The molecule has 6 aromatic carbocycles. The highest BCUT2D eigenvalue weighted by Gasteiger charge is 2.38. The van der Waals surface area contributed by atoms with E-state index in [1.807, 2.05) is 0 Å². The van der Waals surface area contributed by atoms with E-state index in [4.69, 9.17) is 0 Å². The Labute approximate surface area is 223 Å². The van der Waals surface area contributed by atoms with Gasteiger partial charge < -0.3 is 4.57 Å². The Balaban J connectivity index is 1.61. The number of hydrogen-bond donors (Lipinski definition) is 0. The predicted octanol–water partition coefficient (Wildman–Crippen LogP) is 9.17. The van der Waals surface area contributed by atoms with Gasteiger partial charge in [0.1, 0.15) is 0 Å². The maximum atomic E-state index is 2.42. The van der Waals surface area contributed by atoms with Crippen LogP contribution in [-0.2, 0) is 5.41 Å². The lowest BCUT2D eigenvalue weighted by Gasteiger charge is -2.37. The van der Waals surface area contributed by atoms with E-state index >= 15 is 0 Å². The molecule has 0 spiro atoms. The number of hydrogen-bond acceptors (Lipinski definition) is 0. The minimum atomic E-state index is -0.464. The standard InChI is InChI=1S/C37H27N/c1-5-15-28(16-6-1)37(29-17-7-2-8-18-29,30-19-9-3-10-20-30)31-25-26-36-34(27-31)33-23-13-14-24-35(33)38(36)32-21-11-4-12-22-32/h1-27H. The SMILES string of the molecule is c1ccc(-n2c3ccccc3c3cc(C(c4ccccc4)(c4ccccc4)c4ccccc4)ccc32)cc1. The number of fused-ring (bicyclic) bond motifs is 3. The summed E-state index contributed by atoms with van der Waals surface area (Å²) >= 11 is 0. The summed E-state index contributed by atoms with van der Waals surface area (Å²) in [7, 11) is 0. The molecule has 1 aromatic heterocycles. The molecule has 0 aliphatic heterocycles. The van der Waals surface area contributed by atoms with Crippen LogP contribution in [0.25, 0.3) is 27.5 Å². The van der Waals surface area contributed by atoms with Gasteiger partial charge in [0.25, 0.3) is 0 Å². The highest BCUT2D eigenvalue weighted by atomic mass is 15.0. The summed E-state index contributed by atoms with van der Waals surface area (Å²) in [6.45, 7) is 0. The third kappa shape index (κ3) is 3.40. The van der Waals surface area contributed by atoms with Crippen molar-refractivity contribution >= 4 is 21.8 Å². The molecule has 1 heteroatoms. The molecule has 1 heterocycles. The van der Waals surface area contributed by atoms with E-state index in [1.165, 1.54) is 49.7 Å². The van der Waals surface area contributed by atoms with Crippen LogP contribution in [0.4, 0.5) is 0 Å². The second-order valence-electron chi connectivity index (χ2n) is 9.77. The van der Waals surface area contributed by atoms with Gasteiger partial charge in [-0.25, -0.2) is 0 Å². The number of para-hydroxylation sites is 2. The van der Waals surface area contributed by atoms with E-state index in [0.29, 0.717) is 0 Å². The quantitative estimate of drug-likeness (QED) is 0.214. The minimum absolute atomic E-state index is 0.464. The van der Waals surface area contributed by atoms with Crippen molar-refractivity contribution in [1.82, 2.24) is 4.57 Å². The van der Waals surface area contributed by atoms with Gasteiger partial charge >= 0.3 is 0 Å². The number of rotatable bonds is 5. The average molecular weight is 486 g/mol. The lowest BCUT2D eigenvalue weighted by atomic mass is 9.65. The number of aromatic nitrogens is 1. The van der Waals surface area contributed by atoms with Gasteiger partial charge in [0, 0.05) is 16.5 Å². The van der Waals surface area contributed by atoms with Crippen molar-refractivity contribution in [3.8, 4) is 5.69 Å². The zero-order chi connectivity index (χ0) is 25.4. The molecule has 0 amide bonds. The first-order chi connectivity index (χ1) is 18.9. The minimum Gasteiger partial charge on any atom is -0.309 e. The monoisotopic (exact) mass is 485 g/mol. The molecule has 0 unspecified atom stereocenters. The van der Waals surface area contributed by atoms with Gasteiger partial charge in [-0.15, -0.1) is 0 Å². The molecule has 0 saturated heterocycles. The molecule has 7 rings (SSSR count). The lowest BCUT2D eigenvalue weighted by molar-refractivity contribution is 0.746. The summed E-state index contributed by atoms with van der Waals surface area (Å²) < 4.78 is 2.38. The van der Waals surface area contributed by atoms with E-state index < -0.39 is 5.41 Å². The molecular formula is C37H27N. The van der Waals surface area contributed by atoms with Crippen molar-refractivity contribution in [1.29, 1.82) is 0 Å². The van der Waals surface area contributed by atoms with Crippen molar-refractivity contribution < 1.29 is 0 Å². The Hall–Kier alpha value is -4.88. The molecule has 0 aliphatic rings. The maximum absolute atomic E-state index is 2.42. The Morgan fingerprint density at radius 2 is 0.789 bits per heavy atom. The number of nitrogens with zero attached hydrogens (tertiary/aromatic N) is 1. The van der Waals surface area contributed by atoms with E-state index in [9.17, 15) is 0 Å². The largest absolute Gasteiger partial charge is 0.309 e. The normalized spacial score (nSPS) is 11.7. The smallest absolute Gasteiger partial charge is 0.0701 e. The molecular weight excluding hydrogens is 458 g/mol. The van der Waals surface area contributed by atoms with Crippen LogP contribution in [-0.4, -0.2) is 4.57 Å². The van der Waals surface area contributed by atoms with Gasteiger partial charge in [-0.05, 0) is 52.6 Å². The van der Waals surface area contributed by atoms with Crippen LogP contribution in [0, 0.1) is 0 Å². The highest BCUT2D eigenvalue weighted by Crippen LogP contribution is 2.46. The van der Waals surface area contributed by atoms with Gasteiger partial charge in [0.05, 0.1) is 16.4 Å². The maximum Gasteiger partial charge on any atom is 0.0701 e. The van der Waals surface area contributed by atoms with Gasteiger partial charge in [-0.2, -0.15) is 0 Å². The zero-order valence-electron chi connectivity index (χ0n) is 21.0. The van der Waals surface area contributed by atoms with Crippen LogP contribution in [0.15, 0.2) is 164 Å². The van der Waals surface area contributed by atoms with E-state index in [2.05, 4.69) is 168 Å². The third-order valence-electron chi connectivity index (χ3n) is 7.74. The van der Waals surface area contributed by atoms with Gasteiger partial charge in [0.2, 0.25) is 0 Å². The summed E-state index contributed by atoms with van der Waals surface area (Å²) in [5.74, 6) is 0. The van der Waals surface area contributed by atoms with Gasteiger partial charge in [0.15, 0.2) is 0 Å². The second kappa shape index (κ2) is 9.21. The van der Waals surface area contributed by atoms with E-state index in [1.54, 1.807) is 0 Å². The molecule has 38 heavy (non-hydrogen) atoms. The lowest BCUT2D eigenvalue weighted by Crippen LogP contribution is -2.30. The van der Waals surface area contributed by atoms with Crippen LogP contribution in [0.3, 0.4) is 0 Å². The average Bonchev–Trinajstić information content (AvgIpc) is 3.34. The summed E-state index contributed by atoms with van der Waals surface area (Å²) in [6.07, 6.45) is 0. The summed E-state index contributed by atoms with van der Waals surface area (Å²) in [6, 6.07) is 59.2. The van der Waals surface area contributed by atoms with Crippen molar-refractivity contribution in [2.75, 3.05) is 0 Å². The third-order valence-corrected chi connectivity index (χ3v) is 7.74. The molecule has 0 saturated carbocycles. The topological polar surface area (TPSA) is 4.93 Å². The first-order valence-electron chi connectivity index (χ1n) is 13.1. The molecule has 7 aromatic rings. The number of benzene rings is 6. The fourth-order valence-corrected chi connectivity index (χ4v) is 6.13. The molecule has 0 fully saturated rings. The Bertz CT molecular complexity index is 1740. The molecule has 0 N–H and O–H groups in total. The molecule has 1 nitrogen and oxygen atoms in total. The van der Waals surface area contributed by atoms with Crippen LogP contribution >= 0.6 is 0 Å². The predicted molar refractivity (Wildman–Crippen MR) is 159 cm³/mol. The van der Waals surface area contributed by atoms with Crippen LogP contribution in [0.5, 0.6) is 0 Å². The Morgan fingerprint density at radius 1 is 0.342 bits per heavy atom. The van der Waals surface area contributed by atoms with Gasteiger partial charge in [-0.3, -0.25) is 0 Å². The van der Waals surface area contributed by atoms with Crippen LogP contribution in [0.1, 0.15) is 22.3 Å². The van der Waals surface area contributed by atoms with Crippen LogP contribution in [0.2, 0.25) is 0 Å². The molecule has 180 valence electrons. The van der Waals surface area contributed by atoms with Crippen molar-refractivity contribution in [3.63, 3.8) is 0 Å². The highest BCUT2D eigenvalue weighted by molar-refractivity contribution is 6.09. The summed E-state index contributed by atoms with van der Waals surface area (Å²) in [5, 5.41) is 2.52. The first-order valence-corrected chi connectivity index (χ1v) is 13.1. The van der Waals surface area contributed by atoms with Crippen molar-refractivity contribution in [2.45, 2.75) is 5.41 Å². The molecule has 0 bridgehead atoms. The Kier molecular flexibility index (Phi) is 5.41. The first kappa shape index (κ1) is 22.3. The van der Waals surface area contributed by atoms with E-state index in [0.717, 1.165) is 0 Å². The second-order valence-corrected chi connectivity index (χ2v) is 9.77. The summed E-state index contributed by atoms with van der Waals surface area (Å²) in [4.78, 5) is 0. The molecule has 0 aliphatic carbocycles.